The molecular weight excluding hydrogens is 794 g/mol. The number of hydrogen-bond acceptors (Lipinski definition) is 8. The molecule has 0 unspecified atom stereocenters. The molecular formula is C42H64BrN7O7. The number of likely N-dealkylation sites (tertiary alicyclic amines) is 1. The summed E-state index contributed by atoms with van der Waals surface area (Å²) in [5.74, 6) is -3.43. The van der Waals surface area contributed by atoms with Crippen LogP contribution in [-0.4, -0.2) is 83.9 Å². The van der Waals surface area contributed by atoms with Gasteiger partial charge in [-0.1, -0.05) is 68.1 Å². The van der Waals surface area contributed by atoms with E-state index in [1.165, 1.54) is 0 Å². The van der Waals surface area contributed by atoms with Gasteiger partial charge in [-0.2, -0.15) is 0 Å². The number of nitrogens with zero attached hydrogens (tertiary/aromatic N) is 2. The first-order valence-corrected chi connectivity index (χ1v) is 21.1. The van der Waals surface area contributed by atoms with Crippen LogP contribution in [0.15, 0.2) is 46.4 Å². The predicted molar refractivity (Wildman–Crippen MR) is 224 cm³/mol. The maximum Gasteiger partial charge on any atom is 0.243 e. The van der Waals surface area contributed by atoms with E-state index in [2.05, 4.69) is 38.1 Å². The summed E-state index contributed by atoms with van der Waals surface area (Å²) in [7, 11) is 0. The minimum absolute atomic E-state index is 0.0989. The minimum atomic E-state index is -0.981. The van der Waals surface area contributed by atoms with Crippen molar-refractivity contribution in [2.24, 2.45) is 45.4 Å². The summed E-state index contributed by atoms with van der Waals surface area (Å²) in [5, 5.41) is 5.89. The molecule has 1 aromatic carbocycles. The van der Waals surface area contributed by atoms with Gasteiger partial charge < -0.3 is 37.5 Å². The van der Waals surface area contributed by atoms with E-state index >= 15 is 0 Å². The van der Waals surface area contributed by atoms with Crippen molar-refractivity contribution >= 4 is 57.1 Å². The van der Waals surface area contributed by atoms with Crippen LogP contribution in [0.2, 0.25) is 0 Å². The number of carbonyl (C=O) groups is 6. The fraction of sp³-hybridized carbons (Fsp3) is 0.643. The lowest BCUT2D eigenvalue weighted by atomic mass is 9.76. The summed E-state index contributed by atoms with van der Waals surface area (Å²) in [6, 6.07) is 4.95. The molecule has 57 heavy (non-hydrogen) atoms. The zero-order chi connectivity index (χ0) is 42.1. The number of allylic oxidation sites excluding steroid dienone is 1. The molecule has 1 aliphatic carbocycles. The van der Waals surface area contributed by atoms with Crippen LogP contribution in [0.3, 0.4) is 0 Å². The highest BCUT2D eigenvalue weighted by Gasteiger charge is 2.39. The third kappa shape index (κ3) is 15.5. The number of nitrogens with one attached hydrogen (secondary N) is 2. The van der Waals surface area contributed by atoms with E-state index in [0.717, 1.165) is 36.6 Å². The molecule has 4 amide bonds. The van der Waals surface area contributed by atoms with Crippen molar-refractivity contribution in [3.8, 4) is 5.75 Å². The van der Waals surface area contributed by atoms with Crippen molar-refractivity contribution < 1.29 is 33.5 Å². The van der Waals surface area contributed by atoms with Crippen LogP contribution in [0.25, 0.3) is 0 Å². The smallest absolute Gasteiger partial charge is 0.243 e. The number of benzene rings is 1. The topological polar surface area (TPSA) is 229 Å². The lowest BCUT2D eigenvalue weighted by Gasteiger charge is -2.33. The van der Waals surface area contributed by atoms with E-state index in [1.807, 2.05) is 45.0 Å². The molecule has 2 aliphatic rings. The maximum absolute atomic E-state index is 14.3. The summed E-state index contributed by atoms with van der Waals surface area (Å²) < 4.78 is 6.68. The van der Waals surface area contributed by atoms with Gasteiger partial charge in [0, 0.05) is 48.7 Å². The lowest BCUT2D eigenvalue weighted by Crippen LogP contribution is -2.54. The lowest BCUT2D eigenvalue weighted by molar-refractivity contribution is -0.140. The van der Waals surface area contributed by atoms with Crippen molar-refractivity contribution in [1.82, 2.24) is 15.5 Å². The Labute approximate surface area is 346 Å². The Morgan fingerprint density at radius 1 is 0.982 bits per heavy atom. The second-order valence-corrected chi connectivity index (χ2v) is 17.3. The van der Waals surface area contributed by atoms with Crippen molar-refractivity contribution in [2.75, 3.05) is 19.7 Å². The standard InChI is InChI=1S/C42H64BrN7O7/c1-5-13-28(39(55)48-32(18-10-21-47-41(45)46)34(51)26-31(38(44)54)42(2,3)4)24-35(52)37(27-14-7-6-8-15-27)49-40(56)33-19-11-22-50(33)36(53)20-12-23-57-30-17-9-16-29(43)25-30/h5,9,16-17,25,27-28,31-33,37H,1,6-8,10-15,18-24,26H2,2-4H3,(H2,44,54)(H,48,55)(H,49,56)(H4,45,46,47)/t28-,31-,32+,33+,37+/m1/s1. The molecule has 0 bridgehead atoms. The molecule has 0 radical (unpaired) electrons. The van der Waals surface area contributed by atoms with Crippen molar-refractivity contribution in [2.45, 2.75) is 129 Å². The Morgan fingerprint density at radius 2 is 1.70 bits per heavy atom. The van der Waals surface area contributed by atoms with E-state index in [1.54, 1.807) is 11.0 Å². The second kappa shape index (κ2) is 23.2. The number of carbonyl (C=O) groups excluding carboxylic acids is 6. The molecule has 0 aromatic heterocycles. The summed E-state index contributed by atoms with van der Waals surface area (Å²) in [4.78, 5) is 87.0. The number of Topliss-reactive ketones (excluding diaryl/α,β-unsaturated/α-hetero) is 2. The van der Waals surface area contributed by atoms with Crippen molar-refractivity contribution in [3.05, 3.63) is 41.4 Å². The van der Waals surface area contributed by atoms with Crippen LogP contribution >= 0.6 is 15.9 Å². The molecule has 1 saturated carbocycles. The predicted octanol–water partition coefficient (Wildman–Crippen LogP) is 4.46. The van der Waals surface area contributed by atoms with Gasteiger partial charge in [-0.3, -0.25) is 33.8 Å². The van der Waals surface area contributed by atoms with E-state index in [4.69, 9.17) is 21.9 Å². The SMILES string of the molecule is C=CC[C@H](CC(=O)[C@@H](NC(=O)[C@@H]1CCCN1C(=O)CCCOc1cccc(Br)c1)C1CCCCC1)C(=O)N[C@@H](CCCN=C(N)N)C(=O)C[C@H](C(N)=O)C(C)(C)C. The summed E-state index contributed by atoms with van der Waals surface area (Å²) in [6.45, 7) is 10.3. The molecule has 1 aliphatic heterocycles. The van der Waals surface area contributed by atoms with Gasteiger partial charge in [-0.05, 0) is 80.9 Å². The van der Waals surface area contributed by atoms with Gasteiger partial charge in [0.05, 0.1) is 18.7 Å². The van der Waals surface area contributed by atoms with Crippen LogP contribution in [0.5, 0.6) is 5.75 Å². The molecule has 1 saturated heterocycles. The number of nitrogens with two attached hydrogens (primary N) is 3. The fourth-order valence-electron chi connectivity index (χ4n) is 7.77. The third-order valence-electron chi connectivity index (χ3n) is 11.0. The zero-order valence-corrected chi connectivity index (χ0v) is 35.5. The van der Waals surface area contributed by atoms with E-state index in [0.29, 0.717) is 44.6 Å². The Balaban J connectivity index is 1.72. The number of aliphatic imine (C=N–C) groups is 1. The van der Waals surface area contributed by atoms with Gasteiger partial charge >= 0.3 is 0 Å². The molecule has 316 valence electrons. The van der Waals surface area contributed by atoms with E-state index in [9.17, 15) is 28.8 Å². The molecule has 2 fully saturated rings. The zero-order valence-electron chi connectivity index (χ0n) is 33.9. The monoisotopic (exact) mass is 857 g/mol. The van der Waals surface area contributed by atoms with Crippen LogP contribution in [-0.2, 0) is 28.8 Å². The average Bonchev–Trinajstić information content (AvgIpc) is 3.65. The molecule has 1 aromatic rings. The van der Waals surface area contributed by atoms with E-state index in [-0.39, 0.29) is 73.9 Å². The number of rotatable bonds is 23. The summed E-state index contributed by atoms with van der Waals surface area (Å²) in [5.41, 5.74) is 16.0. The molecule has 15 heteroatoms. The Kier molecular flexibility index (Phi) is 19.2. The van der Waals surface area contributed by atoms with Gasteiger partial charge in [0.15, 0.2) is 17.5 Å². The number of primary amides is 1. The number of halogens is 1. The number of guanidine groups is 1. The Morgan fingerprint density at radius 3 is 2.33 bits per heavy atom. The maximum atomic E-state index is 14.3. The number of amides is 4. The third-order valence-corrected chi connectivity index (χ3v) is 11.4. The second-order valence-electron chi connectivity index (χ2n) is 16.4. The Bertz CT molecular complexity index is 1590. The summed E-state index contributed by atoms with van der Waals surface area (Å²) in [6.07, 6.45) is 8.14. The molecule has 3 rings (SSSR count). The van der Waals surface area contributed by atoms with Gasteiger partial charge in [0.1, 0.15) is 11.8 Å². The largest absolute Gasteiger partial charge is 0.494 e. The first kappa shape index (κ1) is 47.1. The molecule has 0 spiro atoms. The quantitative estimate of drug-likeness (QED) is 0.0452. The number of hydrogen-bond donors (Lipinski definition) is 5. The first-order valence-electron chi connectivity index (χ1n) is 20.3. The van der Waals surface area contributed by atoms with Gasteiger partial charge in [-0.15, -0.1) is 6.58 Å². The normalized spacial score (nSPS) is 18.0. The van der Waals surface area contributed by atoms with Crippen LogP contribution < -0.4 is 32.6 Å². The first-order chi connectivity index (χ1) is 27.0. The number of ether oxygens (including phenoxy) is 1. The summed E-state index contributed by atoms with van der Waals surface area (Å²) >= 11 is 3.42. The van der Waals surface area contributed by atoms with Crippen molar-refractivity contribution in [1.29, 1.82) is 0 Å². The minimum Gasteiger partial charge on any atom is -0.494 e. The highest BCUT2D eigenvalue weighted by atomic mass is 79.9. The molecule has 1 heterocycles. The molecule has 8 N–H and O–H groups in total. The average molecular weight is 859 g/mol. The van der Waals surface area contributed by atoms with Crippen LogP contribution in [0, 0.1) is 23.2 Å². The van der Waals surface area contributed by atoms with E-state index < -0.39 is 47.2 Å². The van der Waals surface area contributed by atoms with Crippen LogP contribution in [0.1, 0.15) is 111 Å². The van der Waals surface area contributed by atoms with Gasteiger partial charge in [0.2, 0.25) is 23.6 Å². The fourth-order valence-corrected chi connectivity index (χ4v) is 8.15. The highest BCUT2D eigenvalue weighted by molar-refractivity contribution is 9.10. The van der Waals surface area contributed by atoms with Crippen LogP contribution in [0.4, 0.5) is 0 Å². The highest BCUT2D eigenvalue weighted by Crippen LogP contribution is 2.31. The molecule has 5 atom stereocenters. The van der Waals surface area contributed by atoms with Gasteiger partial charge in [0.25, 0.3) is 0 Å². The van der Waals surface area contributed by atoms with Crippen molar-refractivity contribution in [3.63, 3.8) is 0 Å². The molecule has 14 nitrogen and oxygen atoms in total. The Hall–Kier alpha value is -4.27. The van der Waals surface area contributed by atoms with Gasteiger partial charge in [-0.25, -0.2) is 0 Å². The number of ketones is 2.